The van der Waals surface area contributed by atoms with Gasteiger partial charge in [-0.1, -0.05) is 18.2 Å². The number of fused-ring (bicyclic) bond motifs is 1. The van der Waals surface area contributed by atoms with Gasteiger partial charge in [-0.05, 0) is 23.6 Å². The molecule has 1 N–H and O–H groups in total. The van der Waals surface area contributed by atoms with Gasteiger partial charge in [-0.3, -0.25) is 4.98 Å². The largest absolute Gasteiger partial charge is 0.481 e. The molecule has 3 aromatic rings. The van der Waals surface area contributed by atoms with Crippen LogP contribution >= 0.6 is 0 Å². The van der Waals surface area contributed by atoms with Gasteiger partial charge in [0.05, 0.1) is 19.3 Å². The van der Waals surface area contributed by atoms with Gasteiger partial charge in [0.1, 0.15) is 0 Å². The highest BCUT2D eigenvalue weighted by Gasteiger charge is 2.02. The lowest BCUT2D eigenvalue weighted by molar-refractivity contribution is 0.396. The summed E-state index contributed by atoms with van der Waals surface area (Å²) in [5, 5.41) is 5.68. The molecule has 0 aliphatic carbocycles. The van der Waals surface area contributed by atoms with Crippen molar-refractivity contribution < 1.29 is 4.74 Å². The molecule has 0 spiro atoms. The van der Waals surface area contributed by atoms with Gasteiger partial charge in [0.25, 0.3) is 0 Å². The van der Waals surface area contributed by atoms with Crippen molar-refractivity contribution in [3.8, 4) is 5.88 Å². The summed E-state index contributed by atoms with van der Waals surface area (Å²) in [5.74, 6) is 0.629. The van der Waals surface area contributed by atoms with E-state index in [4.69, 9.17) is 4.74 Å². The molecule has 0 unspecified atom stereocenters. The standard InChI is InChI=1S/C16H15N3O/c1-20-16-7-3-5-13(19-16)10-18-15-6-2-4-12-8-9-17-11-14(12)15/h2-9,11,18H,10H2,1H3. The molecule has 4 nitrogen and oxygen atoms in total. The average molecular weight is 265 g/mol. The summed E-state index contributed by atoms with van der Waals surface area (Å²) in [6.07, 6.45) is 3.67. The molecule has 0 aliphatic rings. The molecule has 0 fully saturated rings. The molecule has 0 saturated carbocycles. The van der Waals surface area contributed by atoms with Crippen LogP contribution in [0.5, 0.6) is 5.88 Å². The zero-order valence-electron chi connectivity index (χ0n) is 11.2. The van der Waals surface area contributed by atoms with Crippen LogP contribution in [-0.4, -0.2) is 17.1 Å². The number of rotatable bonds is 4. The van der Waals surface area contributed by atoms with Gasteiger partial charge in [0.2, 0.25) is 5.88 Å². The molecule has 2 aromatic heterocycles. The third kappa shape index (κ3) is 2.54. The lowest BCUT2D eigenvalue weighted by Gasteiger charge is -2.09. The monoisotopic (exact) mass is 265 g/mol. The number of hydrogen-bond acceptors (Lipinski definition) is 4. The average Bonchev–Trinajstić information content (AvgIpc) is 2.53. The van der Waals surface area contributed by atoms with E-state index in [1.54, 1.807) is 13.3 Å². The Kier molecular flexibility index (Phi) is 3.46. The van der Waals surface area contributed by atoms with E-state index in [9.17, 15) is 0 Å². The highest BCUT2D eigenvalue weighted by Crippen LogP contribution is 2.22. The Morgan fingerprint density at radius 3 is 2.90 bits per heavy atom. The van der Waals surface area contributed by atoms with Crippen molar-refractivity contribution in [2.45, 2.75) is 6.54 Å². The molecule has 0 radical (unpaired) electrons. The predicted octanol–water partition coefficient (Wildman–Crippen LogP) is 3.25. The molecule has 0 atom stereocenters. The van der Waals surface area contributed by atoms with E-state index < -0.39 is 0 Å². The minimum Gasteiger partial charge on any atom is -0.481 e. The topological polar surface area (TPSA) is 47.0 Å². The first kappa shape index (κ1) is 12.4. The summed E-state index contributed by atoms with van der Waals surface area (Å²) in [4.78, 5) is 8.57. The van der Waals surface area contributed by atoms with E-state index in [1.165, 1.54) is 5.39 Å². The SMILES string of the molecule is COc1cccc(CNc2cccc3ccncc23)n1. The van der Waals surface area contributed by atoms with Crippen molar-refractivity contribution in [1.29, 1.82) is 0 Å². The molecule has 2 heterocycles. The molecule has 20 heavy (non-hydrogen) atoms. The van der Waals surface area contributed by atoms with Crippen LogP contribution in [0.25, 0.3) is 10.8 Å². The first-order chi connectivity index (χ1) is 9.86. The Morgan fingerprint density at radius 2 is 2.00 bits per heavy atom. The number of ether oxygens (including phenoxy) is 1. The highest BCUT2D eigenvalue weighted by molar-refractivity contribution is 5.92. The Labute approximate surface area is 117 Å². The van der Waals surface area contributed by atoms with Crippen LogP contribution in [0.3, 0.4) is 0 Å². The lowest BCUT2D eigenvalue weighted by Crippen LogP contribution is -2.02. The van der Waals surface area contributed by atoms with Crippen LogP contribution in [0.15, 0.2) is 54.9 Å². The summed E-state index contributed by atoms with van der Waals surface area (Å²) in [6.45, 7) is 0.644. The second-order valence-electron chi connectivity index (χ2n) is 4.43. The molecule has 0 saturated heterocycles. The van der Waals surface area contributed by atoms with Crippen LogP contribution < -0.4 is 10.1 Å². The lowest BCUT2D eigenvalue weighted by atomic mass is 10.1. The van der Waals surface area contributed by atoms with Crippen LogP contribution in [0.4, 0.5) is 5.69 Å². The minimum atomic E-state index is 0.629. The van der Waals surface area contributed by atoms with Crippen molar-refractivity contribution in [3.05, 3.63) is 60.6 Å². The maximum absolute atomic E-state index is 5.13. The summed E-state index contributed by atoms with van der Waals surface area (Å²) in [6, 6.07) is 13.9. The van der Waals surface area contributed by atoms with E-state index in [-0.39, 0.29) is 0 Å². The molecule has 100 valence electrons. The number of nitrogens with one attached hydrogen (secondary N) is 1. The van der Waals surface area contributed by atoms with E-state index in [2.05, 4.69) is 21.4 Å². The van der Waals surface area contributed by atoms with Gasteiger partial charge in [0.15, 0.2) is 0 Å². The second-order valence-corrected chi connectivity index (χ2v) is 4.43. The van der Waals surface area contributed by atoms with Gasteiger partial charge in [-0.25, -0.2) is 4.98 Å². The quantitative estimate of drug-likeness (QED) is 0.786. The molecule has 4 heteroatoms. The summed E-state index contributed by atoms with van der Waals surface area (Å²) >= 11 is 0. The van der Waals surface area contributed by atoms with E-state index in [0.717, 1.165) is 16.8 Å². The fourth-order valence-corrected chi connectivity index (χ4v) is 2.12. The highest BCUT2D eigenvalue weighted by atomic mass is 16.5. The number of anilines is 1. The second kappa shape index (κ2) is 5.57. The van der Waals surface area contributed by atoms with Crippen molar-refractivity contribution >= 4 is 16.5 Å². The van der Waals surface area contributed by atoms with E-state index in [0.29, 0.717) is 12.4 Å². The fourth-order valence-electron chi connectivity index (χ4n) is 2.12. The smallest absolute Gasteiger partial charge is 0.213 e. The fraction of sp³-hybridized carbons (Fsp3) is 0.125. The number of methoxy groups -OCH3 is 1. The van der Waals surface area contributed by atoms with Crippen LogP contribution in [-0.2, 0) is 6.54 Å². The van der Waals surface area contributed by atoms with Crippen LogP contribution in [0.2, 0.25) is 0 Å². The summed E-state index contributed by atoms with van der Waals surface area (Å²) in [5.41, 5.74) is 1.99. The maximum Gasteiger partial charge on any atom is 0.213 e. The first-order valence-electron chi connectivity index (χ1n) is 6.43. The van der Waals surface area contributed by atoms with E-state index in [1.807, 2.05) is 42.6 Å². The molecule has 1 aromatic carbocycles. The molecular formula is C16H15N3O. The van der Waals surface area contributed by atoms with Crippen molar-refractivity contribution in [2.75, 3.05) is 12.4 Å². The Bertz CT molecular complexity index is 722. The van der Waals surface area contributed by atoms with Gasteiger partial charge < -0.3 is 10.1 Å². The third-order valence-electron chi connectivity index (χ3n) is 3.13. The minimum absolute atomic E-state index is 0.629. The van der Waals surface area contributed by atoms with Crippen LogP contribution in [0.1, 0.15) is 5.69 Å². The van der Waals surface area contributed by atoms with Crippen molar-refractivity contribution in [2.24, 2.45) is 0 Å². The zero-order chi connectivity index (χ0) is 13.8. The summed E-state index contributed by atoms with van der Waals surface area (Å²) < 4.78 is 5.13. The van der Waals surface area contributed by atoms with Crippen LogP contribution in [0, 0.1) is 0 Å². The number of benzene rings is 1. The first-order valence-corrected chi connectivity index (χ1v) is 6.43. The van der Waals surface area contributed by atoms with E-state index >= 15 is 0 Å². The summed E-state index contributed by atoms with van der Waals surface area (Å²) in [7, 11) is 1.62. The zero-order valence-corrected chi connectivity index (χ0v) is 11.2. The number of aromatic nitrogens is 2. The predicted molar refractivity (Wildman–Crippen MR) is 79.9 cm³/mol. The van der Waals surface area contributed by atoms with Gasteiger partial charge in [-0.2, -0.15) is 0 Å². The molecular weight excluding hydrogens is 250 g/mol. The van der Waals surface area contributed by atoms with Gasteiger partial charge in [-0.15, -0.1) is 0 Å². The molecule has 3 rings (SSSR count). The normalized spacial score (nSPS) is 10.4. The Hall–Kier alpha value is -2.62. The molecule has 0 amide bonds. The molecule has 0 aliphatic heterocycles. The number of pyridine rings is 2. The third-order valence-corrected chi connectivity index (χ3v) is 3.13. The Morgan fingerprint density at radius 1 is 1.10 bits per heavy atom. The maximum atomic E-state index is 5.13. The Balaban J connectivity index is 1.83. The molecule has 0 bridgehead atoms. The number of nitrogens with zero attached hydrogens (tertiary/aromatic N) is 2. The van der Waals surface area contributed by atoms with Gasteiger partial charge in [0, 0.05) is 29.5 Å². The van der Waals surface area contributed by atoms with Gasteiger partial charge >= 0.3 is 0 Å². The van der Waals surface area contributed by atoms with Crippen molar-refractivity contribution in [1.82, 2.24) is 9.97 Å². The number of hydrogen-bond donors (Lipinski definition) is 1. The van der Waals surface area contributed by atoms with Crippen molar-refractivity contribution in [3.63, 3.8) is 0 Å².